The summed E-state index contributed by atoms with van der Waals surface area (Å²) < 4.78 is 0. The van der Waals surface area contributed by atoms with Gasteiger partial charge in [0.05, 0.1) is 0 Å². The zero-order chi connectivity index (χ0) is 22.6. The molecule has 0 aromatic carbocycles. The molecule has 0 heterocycles. The fourth-order valence-corrected chi connectivity index (χ4v) is 0. The third-order valence-electron chi connectivity index (χ3n) is 1.15. The van der Waals surface area contributed by atoms with Gasteiger partial charge in [-0.1, -0.05) is 0 Å². The van der Waals surface area contributed by atoms with Gasteiger partial charge in [-0.15, -0.1) is 13.2 Å². The van der Waals surface area contributed by atoms with Crippen molar-refractivity contribution in [3.8, 4) is 0 Å². The van der Waals surface area contributed by atoms with E-state index in [1.165, 1.54) is 0 Å². The van der Waals surface area contributed by atoms with E-state index in [1.54, 1.807) is 0 Å². The van der Waals surface area contributed by atoms with Crippen LogP contribution in [0, 0.1) is 0 Å². The second kappa shape index (κ2) is 25.4. The molecule has 148 valence electrons. The quantitative estimate of drug-likeness (QED) is 0.278. The first kappa shape index (κ1) is 39.3. The van der Waals surface area contributed by atoms with Gasteiger partial charge in [0.15, 0.2) is 23.1 Å². The maximum atomic E-state index is 9.48. The maximum absolute atomic E-state index is 9.48. The Morgan fingerprint density at radius 3 is 0.481 bits per heavy atom. The van der Waals surface area contributed by atoms with E-state index in [9.17, 15) is 58.8 Å². The first-order valence-corrected chi connectivity index (χ1v) is 5.95. The van der Waals surface area contributed by atoms with Crippen LogP contribution in [0.15, 0.2) is 13.2 Å². The number of carboxylic acids is 4. The van der Waals surface area contributed by atoms with E-state index in [2.05, 4.69) is 13.2 Å². The molecule has 27 heavy (non-hydrogen) atoms. The Balaban J connectivity index is -0.0000000521. The minimum absolute atomic E-state index is 0. The van der Waals surface area contributed by atoms with Crippen molar-refractivity contribution >= 4 is 47.0 Å². The molecule has 0 amide bonds. The zero-order valence-electron chi connectivity index (χ0n) is 14.8. The van der Waals surface area contributed by atoms with Crippen molar-refractivity contribution < 1.29 is 85.0 Å². The molecule has 0 aliphatic heterocycles. The van der Waals surface area contributed by atoms with Gasteiger partial charge in [-0.05, 0) is 0 Å². The number of aliphatic carboxylic acids is 4. The Morgan fingerprint density at radius 1 is 0.444 bits per heavy atom. The van der Waals surface area contributed by atoms with Crippen LogP contribution in [0.1, 0.15) is 27.7 Å². The maximum Gasteiger partial charge on any atom is 4.00 e. The molecule has 13 heteroatoms. The first-order chi connectivity index (χ1) is 11.6. The summed E-state index contributed by atoms with van der Waals surface area (Å²) in [5.74, 6) is -10.3. The van der Waals surface area contributed by atoms with E-state index in [1.807, 2.05) is 0 Å². The van der Waals surface area contributed by atoms with Crippen LogP contribution in [-0.4, -0.2) is 47.0 Å². The normalized spacial score (nSPS) is 6.81. The van der Waals surface area contributed by atoms with Crippen molar-refractivity contribution in [2.24, 2.45) is 0 Å². The van der Waals surface area contributed by atoms with Crippen LogP contribution >= 0.6 is 0 Å². The predicted octanol–water partition coefficient (Wildman–Crippen LogP) is -5.90. The standard InChI is InChI=1S/4C3H4O3.C2H4.Zr/c4*1-2(4)3(5)6;1-2;/h4*1H3,(H,5,6);1-2H2;/q;;;;;+4/p-4. The van der Waals surface area contributed by atoms with Crippen molar-refractivity contribution in [3.05, 3.63) is 13.2 Å². The number of carbonyl (C=O) groups is 8. The molecule has 0 radical (unpaired) electrons. The SMILES string of the molecule is C=C.CC(=O)C(=O)[O-].CC(=O)C(=O)[O-].CC(=O)C(=O)[O-].CC(=O)C(=O)[O-].[Zr+4]. The largest absolute Gasteiger partial charge is 4.00 e. The molecule has 0 unspecified atom stereocenters. The molecular formula is C14H16O12Zr. The van der Waals surface area contributed by atoms with Gasteiger partial charge >= 0.3 is 26.2 Å². The Kier molecular flexibility index (Phi) is 37.0. The summed E-state index contributed by atoms with van der Waals surface area (Å²) in [5.41, 5.74) is 0. The van der Waals surface area contributed by atoms with Crippen LogP contribution < -0.4 is 20.4 Å². The molecule has 0 fully saturated rings. The second-order valence-corrected chi connectivity index (χ2v) is 3.37. The molecule has 0 aromatic heterocycles. The fraction of sp³-hybridized carbons (Fsp3) is 0.286. The fourth-order valence-electron chi connectivity index (χ4n) is 0. The summed E-state index contributed by atoms with van der Waals surface area (Å²) in [6, 6.07) is 0. The van der Waals surface area contributed by atoms with E-state index < -0.39 is 47.0 Å². The van der Waals surface area contributed by atoms with Crippen molar-refractivity contribution in [1.82, 2.24) is 0 Å². The summed E-state index contributed by atoms with van der Waals surface area (Å²) in [5, 5.41) is 37.0. The van der Waals surface area contributed by atoms with Gasteiger partial charge in [0.2, 0.25) is 0 Å². The molecule has 0 atom stereocenters. The molecule has 0 rings (SSSR count). The van der Waals surface area contributed by atoms with Gasteiger partial charge in [0.1, 0.15) is 23.9 Å². The van der Waals surface area contributed by atoms with Gasteiger partial charge in [-0.2, -0.15) is 0 Å². The molecule has 0 N–H and O–H groups in total. The van der Waals surface area contributed by atoms with Crippen LogP contribution in [0.3, 0.4) is 0 Å². The van der Waals surface area contributed by atoms with Gasteiger partial charge in [-0.25, -0.2) is 0 Å². The predicted molar refractivity (Wildman–Crippen MR) is 74.0 cm³/mol. The minimum Gasteiger partial charge on any atom is -0.542 e. The van der Waals surface area contributed by atoms with E-state index in [-0.39, 0.29) is 26.2 Å². The number of ketones is 4. The Hall–Kier alpha value is -2.82. The summed E-state index contributed by atoms with van der Waals surface area (Å²) in [4.78, 5) is 74.9. The summed E-state index contributed by atoms with van der Waals surface area (Å²) in [6.07, 6.45) is 0. The van der Waals surface area contributed by atoms with Gasteiger partial charge < -0.3 is 39.6 Å². The third-order valence-corrected chi connectivity index (χ3v) is 1.15. The molecule has 0 spiro atoms. The monoisotopic (exact) mass is 466 g/mol. The molecule has 0 aliphatic carbocycles. The Morgan fingerprint density at radius 2 is 0.481 bits per heavy atom. The zero-order valence-corrected chi connectivity index (χ0v) is 17.3. The van der Waals surface area contributed by atoms with E-state index in [0.29, 0.717) is 0 Å². The molecule has 0 saturated heterocycles. The number of carbonyl (C=O) groups excluding carboxylic acids is 8. The molecule has 0 aromatic rings. The number of hydrogen-bond donors (Lipinski definition) is 0. The van der Waals surface area contributed by atoms with E-state index in [0.717, 1.165) is 27.7 Å². The molecule has 0 aliphatic rings. The number of hydrogen-bond acceptors (Lipinski definition) is 12. The van der Waals surface area contributed by atoms with Crippen molar-refractivity contribution in [2.45, 2.75) is 27.7 Å². The number of Topliss-reactive ketones (excluding diaryl/α,β-unsaturated/α-hetero) is 4. The summed E-state index contributed by atoms with van der Waals surface area (Å²) in [7, 11) is 0. The van der Waals surface area contributed by atoms with Crippen LogP contribution in [0.4, 0.5) is 0 Å². The molecule has 12 nitrogen and oxygen atoms in total. The van der Waals surface area contributed by atoms with Crippen molar-refractivity contribution in [3.63, 3.8) is 0 Å². The first-order valence-electron chi connectivity index (χ1n) is 5.95. The van der Waals surface area contributed by atoms with Crippen molar-refractivity contribution in [1.29, 1.82) is 0 Å². The number of rotatable bonds is 4. The number of carboxylic acid groups (broad SMARTS) is 4. The summed E-state index contributed by atoms with van der Waals surface area (Å²) >= 11 is 0. The third kappa shape index (κ3) is 59.9. The van der Waals surface area contributed by atoms with Crippen LogP contribution in [-0.2, 0) is 64.6 Å². The van der Waals surface area contributed by atoms with Gasteiger partial charge in [0.25, 0.3) is 0 Å². The van der Waals surface area contributed by atoms with Crippen LogP contribution in [0.2, 0.25) is 0 Å². The van der Waals surface area contributed by atoms with Gasteiger partial charge in [0, 0.05) is 27.7 Å². The van der Waals surface area contributed by atoms with Gasteiger partial charge in [-0.3, -0.25) is 19.2 Å². The smallest absolute Gasteiger partial charge is 0.542 e. The van der Waals surface area contributed by atoms with Crippen LogP contribution in [0.5, 0.6) is 0 Å². The Labute approximate surface area is 173 Å². The van der Waals surface area contributed by atoms with Crippen LogP contribution in [0.25, 0.3) is 0 Å². The topological polar surface area (TPSA) is 229 Å². The van der Waals surface area contributed by atoms with Crippen molar-refractivity contribution in [2.75, 3.05) is 0 Å². The minimum atomic E-state index is -1.63. The average molecular weight is 467 g/mol. The second-order valence-electron chi connectivity index (χ2n) is 3.37. The Bertz CT molecular complexity index is 406. The van der Waals surface area contributed by atoms with E-state index >= 15 is 0 Å². The van der Waals surface area contributed by atoms with E-state index in [4.69, 9.17) is 0 Å². The average Bonchev–Trinajstić information content (AvgIpc) is 2.50. The molecule has 0 bridgehead atoms. The molecule has 0 saturated carbocycles. The molecular weight excluding hydrogens is 451 g/mol. The summed E-state index contributed by atoms with van der Waals surface area (Å²) in [6.45, 7) is 9.76.